The number of ether oxygens (including phenoxy) is 3. The Hall–Kier alpha value is -2.20. The smallest absolute Gasteiger partial charge is 0.231 e. The van der Waals surface area contributed by atoms with Crippen LogP contribution in [0.1, 0.15) is 17.2 Å². The highest BCUT2D eigenvalue weighted by molar-refractivity contribution is 5.45. The molecular formula is C17H19NO3. The zero-order valence-corrected chi connectivity index (χ0v) is 12.3. The molecule has 2 aromatic carbocycles. The van der Waals surface area contributed by atoms with E-state index < -0.39 is 0 Å². The molecule has 21 heavy (non-hydrogen) atoms. The van der Waals surface area contributed by atoms with Gasteiger partial charge in [0.15, 0.2) is 11.5 Å². The van der Waals surface area contributed by atoms with Crippen molar-refractivity contribution in [2.24, 2.45) is 0 Å². The summed E-state index contributed by atoms with van der Waals surface area (Å²) in [5, 5.41) is 3.27. The highest BCUT2D eigenvalue weighted by Crippen LogP contribution is 2.34. The maximum Gasteiger partial charge on any atom is 0.231 e. The van der Waals surface area contributed by atoms with Crippen LogP contribution in [0.5, 0.6) is 17.2 Å². The van der Waals surface area contributed by atoms with Crippen molar-refractivity contribution in [3.8, 4) is 17.2 Å². The summed E-state index contributed by atoms with van der Waals surface area (Å²) in [5.74, 6) is 2.47. The number of fused-ring (bicyclic) bond motifs is 1. The molecular weight excluding hydrogens is 266 g/mol. The first-order valence-corrected chi connectivity index (χ1v) is 7.02. The molecule has 0 aliphatic carbocycles. The van der Waals surface area contributed by atoms with Crippen LogP contribution < -0.4 is 19.5 Å². The molecule has 0 radical (unpaired) electrons. The Morgan fingerprint density at radius 1 is 1.10 bits per heavy atom. The largest absolute Gasteiger partial charge is 0.492 e. The van der Waals surface area contributed by atoms with Crippen molar-refractivity contribution < 1.29 is 14.2 Å². The number of hydrogen-bond acceptors (Lipinski definition) is 4. The number of nitrogens with one attached hydrogen (secondary N) is 1. The topological polar surface area (TPSA) is 39.7 Å². The third kappa shape index (κ3) is 3.11. The lowest BCUT2D eigenvalue weighted by atomic mass is 10.1. The van der Waals surface area contributed by atoms with E-state index in [0.717, 1.165) is 22.8 Å². The summed E-state index contributed by atoms with van der Waals surface area (Å²) in [6.07, 6.45) is 0. The number of hydrogen-bond donors (Lipinski definition) is 1. The highest BCUT2D eigenvalue weighted by atomic mass is 16.7. The molecule has 4 heteroatoms. The molecule has 0 amide bonds. The van der Waals surface area contributed by atoms with Crippen LogP contribution in [0.4, 0.5) is 0 Å². The lowest BCUT2D eigenvalue weighted by molar-refractivity contribution is 0.174. The molecule has 0 saturated carbocycles. The summed E-state index contributed by atoms with van der Waals surface area (Å²) >= 11 is 0. The van der Waals surface area contributed by atoms with Gasteiger partial charge in [0.1, 0.15) is 12.4 Å². The van der Waals surface area contributed by atoms with E-state index in [2.05, 4.69) is 12.2 Å². The van der Waals surface area contributed by atoms with E-state index in [-0.39, 0.29) is 6.04 Å². The summed E-state index contributed by atoms with van der Waals surface area (Å²) in [5.41, 5.74) is 2.34. The minimum Gasteiger partial charge on any atom is -0.492 e. The normalized spacial score (nSPS) is 14.0. The van der Waals surface area contributed by atoms with Gasteiger partial charge >= 0.3 is 0 Å². The van der Waals surface area contributed by atoms with E-state index in [0.29, 0.717) is 13.4 Å². The molecule has 3 rings (SSSR count). The fourth-order valence-electron chi connectivity index (χ4n) is 2.29. The summed E-state index contributed by atoms with van der Waals surface area (Å²) < 4.78 is 16.6. The molecule has 1 N–H and O–H groups in total. The number of rotatable bonds is 5. The SMILES string of the molecule is CNC(COc1ccc(C)cc1)c1ccc2c(c1)OCO2. The quantitative estimate of drug-likeness (QED) is 0.916. The molecule has 0 fully saturated rings. The van der Waals surface area contributed by atoms with E-state index >= 15 is 0 Å². The zero-order chi connectivity index (χ0) is 14.7. The van der Waals surface area contributed by atoms with Crippen molar-refractivity contribution in [3.05, 3.63) is 53.6 Å². The Bertz CT molecular complexity index is 610. The van der Waals surface area contributed by atoms with Crippen LogP contribution >= 0.6 is 0 Å². The van der Waals surface area contributed by atoms with Crippen LogP contribution in [-0.4, -0.2) is 20.4 Å². The maximum absolute atomic E-state index is 5.85. The minimum absolute atomic E-state index is 0.0980. The molecule has 1 unspecified atom stereocenters. The Kier molecular flexibility index (Phi) is 3.97. The number of aryl methyl sites for hydroxylation is 1. The second-order valence-electron chi connectivity index (χ2n) is 5.08. The first kappa shape index (κ1) is 13.8. The summed E-state index contributed by atoms with van der Waals surface area (Å²) in [7, 11) is 1.92. The second-order valence-corrected chi connectivity index (χ2v) is 5.08. The molecule has 2 aromatic rings. The van der Waals surface area contributed by atoms with Crippen molar-refractivity contribution in [1.29, 1.82) is 0 Å². The Morgan fingerprint density at radius 2 is 1.86 bits per heavy atom. The van der Waals surface area contributed by atoms with Crippen molar-refractivity contribution >= 4 is 0 Å². The third-order valence-corrected chi connectivity index (χ3v) is 3.59. The van der Waals surface area contributed by atoms with E-state index in [1.54, 1.807) is 0 Å². The molecule has 4 nitrogen and oxygen atoms in total. The second kappa shape index (κ2) is 6.06. The monoisotopic (exact) mass is 285 g/mol. The predicted molar refractivity (Wildman–Crippen MR) is 81.0 cm³/mol. The highest BCUT2D eigenvalue weighted by Gasteiger charge is 2.17. The summed E-state index contributed by atoms with van der Waals surface area (Å²) in [6, 6.07) is 14.1. The molecule has 0 aromatic heterocycles. The number of likely N-dealkylation sites (N-methyl/N-ethyl adjacent to an activating group) is 1. The van der Waals surface area contributed by atoms with E-state index in [1.807, 2.05) is 49.5 Å². The zero-order valence-electron chi connectivity index (χ0n) is 12.3. The van der Waals surface area contributed by atoms with Crippen LogP contribution in [0.25, 0.3) is 0 Å². The van der Waals surface area contributed by atoms with Gasteiger partial charge in [-0.15, -0.1) is 0 Å². The van der Waals surface area contributed by atoms with Gasteiger partial charge in [-0.05, 0) is 43.8 Å². The van der Waals surface area contributed by atoms with Gasteiger partial charge in [-0.2, -0.15) is 0 Å². The van der Waals surface area contributed by atoms with Crippen molar-refractivity contribution in [1.82, 2.24) is 5.32 Å². The lowest BCUT2D eigenvalue weighted by Gasteiger charge is -2.18. The summed E-state index contributed by atoms with van der Waals surface area (Å²) in [6.45, 7) is 2.91. The van der Waals surface area contributed by atoms with Crippen molar-refractivity contribution in [2.75, 3.05) is 20.4 Å². The Balaban J connectivity index is 1.68. The van der Waals surface area contributed by atoms with Gasteiger partial charge in [0.05, 0.1) is 6.04 Å². The minimum atomic E-state index is 0.0980. The van der Waals surface area contributed by atoms with Gasteiger partial charge in [-0.25, -0.2) is 0 Å². The van der Waals surface area contributed by atoms with E-state index in [9.17, 15) is 0 Å². The fourth-order valence-corrected chi connectivity index (χ4v) is 2.29. The van der Waals surface area contributed by atoms with Crippen molar-refractivity contribution in [3.63, 3.8) is 0 Å². The maximum atomic E-state index is 5.85. The molecule has 1 aliphatic heterocycles. The molecule has 1 atom stereocenters. The molecule has 0 bridgehead atoms. The Labute approximate surface area is 124 Å². The summed E-state index contributed by atoms with van der Waals surface area (Å²) in [4.78, 5) is 0. The van der Waals surface area contributed by atoms with Crippen LogP contribution in [0, 0.1) is 6.92 Å². The first-order valence-electron chi connectivity index (χ1n) is 7.02. The van der Waals surface area contributed by atoms with Crippen LogP contribution in [0.15, 0.2) is 42.5 Å². The van der Waals surface area contributed by atoms with Gasteiger partial charge < -0.3 is 19.5 Å². The van der Waals surface area contributed by atoms with E-state index in [4.69, 9.17) is 14.2 Å². The lowest BCUT2D eigenvalue weighted by Crippen LogP contribution is -2.23. The van der Waals surface area contributed by atoms with Gasteiger partial charge in [0.25, 0.3) is 0 Å². The van der Waals surface area contributed by atoms with Gasteiger partial charge in [-0.1, -0.05) is 23.8 Å². The molecule has 110 valence electrons. The third-order valence-electron chi connectivity index (χ3n) is 3.59. The van der Waals surface area contributed by atoms with Crippen molar-refractivity contribution in [2.45, 2.75) is 13.0 Å². The Morgan fingerprint density at radius 3 is 2.62 bits per heavy atom. The van der Waals surface area contributed by atoms with E-state index in [1.165, 1.54) is 5.56 Å². The average molecular weight is 285 g/mol. The van der Waals surface area contributed by atoms with Gasteiger partial charge in [0.2, 0.25) is 6.79 Å². The van der Waals surface area contributed by atoms with Gasteiger partial charge in [0, 0.05) is 0 Å². The first-order chi connectivity index (χ1) is 10.3. The molecule has 0 spiro atoms. The standard InChI is InChI=1S/C17H19NO3/c1-12-3-6-14(7-4-12)19-10-15(18-2)13-5-8-16-17(9-13)21-11-20-16/h3-9,15,18H,10-11H2,1-2H3. The average Bonchev–Trinajstić information content (AvgIpc) is 2.97. The van der Waals surface area contributed by atoms with Crippen LogP contribution in [0.3, 0.4) is 0 Å². The fraction of sp³-hybridized carbons (Fsp3) is 0.294. The molecule has 0 saturated heterocycles. The van der Waals surface area contributed by atoms with Gasteiger partial charge in [-0.3, -0.25) is 0 Å². The molecule has 1 aliphatic rings. The van der Waals surface area contributed by atoms with Crippen LogP contribution in [-0.2, 0) is 0 Å². The molecule has 1 heterocycles. The predicted octanol–water partition coefficient (Wildman–Crippen LogP) is 3.06. The number of benzene rings is 2. The van der Waals surface area contributed by atoms with Crippen LogP contribution in [0.2, 0.25) is 0 Å².